The lowest BCUT2D eigenvalue weighted by Gasteiger charge is -2.23. The number of sulfonamides is 1. The van der Waals surface area contributed by atoms with Gasteiger partial charge in [-0.15, -0.1) is 0 Å². The van der Waals surface area contributed by atoms with Gasteiger partial charge in [-0.25, -0.2) is 22.7 Å². The van der Waals surface area contributed by atoms with Gasteiger partial charge in [-0.2, -0.15) is 0 Å². The molecule has 2 aliphatic rings. The van der Waals surface area contributed by atoms with Crippen LogP contribution in [0.15, 0.2) is 35.1 Å². The molecule has 2 aromatic heterocycles. The maximum Gasteiger partial charge on any atom is 0.220 e. The number of rotatable bonds is 4. The third-order valence-corrected chi connectivity index (χ3v) is 7.95. The molecule has 9 heteroatoms. The van der Waals surface area contributed by atoms with Gasteiger partial charge < -0.3 is 9.42 Å². The van der Waals surface area contributed by atoms with Gasteiger partial charge in [0.1, 0.15) is 23.6 Å². The molecule has 2 atom stereocenters. The van der Waals surface area contributed by atoms with Gasteiger partial charge in [-0.05, 0) is 37.8 Å². The van der Waals surface area contributed by atoms with Crippen LogP contribution < -0.4 is 4.90 Å². The normalized spacial score (nSPS) is 22.5. The summed E-state index contributed by atoms with van der Waals surface area (Å²) in [6.45, 7) is 6.75. The van der Waals surface area contributed by atoms with E-state index in [9.17, 15) is 8.42 Å². The minimum absolute atomic E-state index is 0.128. The molecule has 0 bridgehead atoms. The van der Waals surface area contributed by atoms with E-state index in [4.69, 9.17) is 4.52 Å². The predicted molar refractivity (Wildman–Crippen MR) is 109 cm³/mol. The van der Waals surface area contributed by atoms with Crippen LogP contribution in [0.3, 0.4) is 0 Å². The van der Waals surface area contributed by atoms with E-state index in [0.717, 1.165) is 35.6 Å². The summed E-state index contributed by atoms with van der Waals surface area (Å²) in [7, 11) is -3.45. The van der Waals surface area contributed by atoms with Crippen molar-refractivity contribution in [2.45, 2.75) is 19.6 Å². The second kappa shape index (κ2) is 6.77. The highest BCUT2D eigenvalue weighted by Crippen LogP contribution is 2.36. The minimum Gasteiger partial charge on any atom is -0.356 e. The zero-order valence-corrected chi connectivity index (χ0v) is 17.3. The van der Waals surface area contributed by atoms with E-state index in [-0.39, 0.29) is 5.75 Å². The molecule has 0 spiro atoms. The van der Waals surface area contributed by atoms with Gasteiger partial charge in [0.15, 0.2) is 5.58 Å². The maximum atomic E-state index is 13.0. The highest BCUT2D eigenvalue weighted by molar-refractivity contribution is 7.88. The molecule has 0 N–H and O–H groups in total. The number of hydrogen-bond acceptors (Lipinski definition) is 7. The predicted octanol–water partition coefficient (Wildman–Crippen LogP) is 2.13. The van der Waals surface area contributed by atoms with Crippen molar-refractivity contribution in [1.29, 1.82) is 0 Å². The zero-order chi connectivity index (χ0) is 20.2. The Morgan fingerprint density at radius 3 is 2.55 bits per heavy atom. The van der Waals surface area contributed by atoms with E-state index in [2.05, 4.69) is 20.0 Å². The number of para-hydroxylation sites is 1. The van der Waals surface area contributed by atoms with Crippen molar-refractivity contribution in [3.63, 3.8) is 0 Å². The lowest BCUT2D eigenvalue weighted by Crippen LogP contribution is -2.34. The van der Waals surface area contributed by atoms with Gasteiger partial charge in [-0.3, -0.25) is 0 Å². The molecule has 2 saturated heterocycles. The summed E-state index contributed by atoms with van der Waals surface area (Å²) < 4.78 is 33.0. The lowest BCUT2D eigenvalue weighted by atomic mass is 10.0. The van der Waals surface area contributed by atoms with Gasteiger partial charge >= 0.3 is 0 Å². The van der Waals surface area contributed by atoms with E-state index >= 15 is 0 Å². The third-order valence-electron chi connectivity index (χ3n) is 6.23. The van der Waals surface area contributed by atoms with Crippen LogP contribution in [0.5, 0.6) is 0 Å². The van der Waals surface area contributed by atoms with Crippen molar-refractivity contribution < 1.29 is 12.9 Å². The van der Waals surface area contributed by atoms with Crippen LogP contribution in [-0.4, -0.2) is 54.0 Å². The number of aromatic nitrogens is 3. The van der Waals surface area contributed by atoms with Crippen LogP contribution in [0.25, 0.3) is 11.0 Å². The summed E-state index contributed by atoms with van der Waals surface area (Å²) in [5.41, 5.74) is 3.17. The number of aryl methyl sites for hydroxylation is 1. The molecular formula is C20H23N5O3S. The third kappa shape index (κ3) is 3.18. The van der Waals surface area contributed by atoms with Crippen LogP contribution in [0.2, 0.25) is 0 Å². The fourth-order valence-electron chi connectivity index (χ4n) is 4.50. The molecule has 8 nitrogen and oxygen atoms in total. The summed E-state index contributed by atoms with van der Waals surface area (Å²) >= 11 is 0. The molecule has 2 fully saturated rings. The first-order chi connectivity index (χ1) is 13.9. The van der Waals surface area contributed by atoms with Gasteiger partial charge in [0.2, 0.25) is 10.0 Å². The Balaban J connectivity index is 1.30. The van der Waals surface area contributed by atoms with Gasteiger partial charge in [0.05, 0.1) is 0 Å². The van der Waals surface area contributed by atoms with Gasteiger partial charge in [-0.1, -0.05) is 17.3 Å². The van der Waals surface area contributed by atoms with Crippen LogP contribution in [0.1, 0.15) is 17.0 Å². The molecule has 1 aromatic carbocycles. The molecule has 2 aliphatic heterocycles. The quantitative estimate of drug-likeness (QED) is 0.647. The fraction of sp³-hybridized carbons (Fsp3) is 0.450. The van der Waals surface area contributed by atoms with Crippen molar-refractivity contribution in [3.05, 3.63) is 47.5 Å². The van der Waals surface area contributed by atoms with Crippen LogP contribution in [0, 0.1) is 25.7 Å². The van der Waals surface area contributed by atoms with Crippen LogP contribution >= 0.6 is 0 Å². The number of fused-ring (bicyclic) bond motifs is 2. The topological polar surface area (TPSA) is 92.4 Å². The second-order valence-electron chi connectivity index (χ2n) is 8.03. The standard InChI is InChI=1S/C20H23N5O3S/c1-13-14(2)21-12-22-20(13)24-7-15-9-25(10-16(15)8-24)29(26,27)11-18-17-5-3-4-6-19(17)28-23-18/h3-6,12,15-16H,7-11H2,1-2H3. The van der Waals surface area contributed by atoms with Crippen molar-refractivity contribution in [3.8, 4) is 0 Å². The number of benzene rings is 1. The minimum atomic E-state index is -3.45. The van der Waals surface area contributed by atoms with Crippen molar-refractivity contribution in [1.82, 2.24) is 19.4 Å². The number of hydrogen-bond donors (Lipinski definition) is 0. The maximum absolute atomic E-state index is 13.0. The molecule has 2 unspecified atom stereocenters. The Kier molecular flexibility index (Phi) is 4.32. The van der Waals surface area contributed by atoms with E-state index in [0.29, 0.717) is 36.2 Å². The summed E-state index contributed by atoms with van der Waals surface area (Å²) in [6.07, 6.45) is 1.60. The summed E-state index contributed by atoms with van der Waals surface area (Å²) in [6, 6.07) is 7.35. The Morgan fingerprint density at radius 2 is 1.79 bits per heavy atom. The SMILES string of the molecule is Cc1ncnc(N2CC3CN(S(=O)(=O)Cc4noc5ccccc45)CC3C2)c1C. The first kappa shape index (κ1) is 18.5. The number of nitrogens with zero attached hydrogens (tertiary/aromatic N) is 5. The second-order valence-corrected chi connectivity index (χ2v) is 10.0. The highest BCUT2D eigenvalue weighted by atomic mass is 32.2. The Bertz CT molecular complexity index is 1160. The van der Waals surface area contributed by atoms with Crippen molar-refractivity contribution >= 4 is 26.8 Å². The van der Waals surface area contributed by atoms with E-state index in [1.54, 1.807) is 16.7 Å². The summed E-state index contributed by atoms with van der Waals surface area (Å²) in [4.78, 5) is 11.0. The Labute approximate surface area is 169 Å². The molecule has 0 amide bonds. The van der Waals surface area contributed by atoms with E-state index in [1.807, 2.05) is 32.0 Å². The van der Waals surface area contributed by atoms with Crippen LogP contribution in [-0.2, 0) is 15.8 Å². The molecule has 0 radical (unpaired) electrons. The fourth-order valence-corrected chi connectivity index (χ4v) is 6.07. The van der Waals surface area contributed by atoms with Gasteiger partial charge in [0, 0.05) is 42.8 Å². The Morgan fingerprint density at radius 1 is 1.07 bits per heavy atom. The molecule has 29 heavy (non-hydrogen) atoms. The first-order valence-electron chi connectivity index (χ1n) is 9.76. The van der Waals surface area contributed by atoms with Crippen molar-refractivity contribution in [2.24, 2.45) is 11.8 Å². The Hall–Kier alpha value is -2.52. The molecule has 152 valence electrons. The summed E-state index contributed by atoms with van der Waals surface area (Å²) in [5, 5.41) is 4.75. The van der Waals surface area contributed by atoms with Gasteiger partial charge in [0.25, 0.3) is 0 Å². The zero-order valence-electron chi connectivity index (χ0n) is 16.4. The average Bonchev–Trinajstić information content (AvgIpc) is 3.38. The smallest absolute Gasteiger partial charge is 0.220 e. The molecule has 0 aliphatic carbocycles. The molecule has 4 heterocycles. The van der Waals surface area contributed by atoms with Crippen molar-refractivity contribution in [2.75, 3.05) is 31.1 Å². The lowest BCUT2D eigenvalue weighted by molar-refractivity contribution is 0.438. The van der Waals surface area contributed by atoms with Crippen LogP contribution in [0.4, 0.5) is 5.82 Å². The monoisotopic (exact) mass is 413 g/mol. The molecular weight excluding hydrogens is 390 g/mol. The summed E-state index contributed by atoms with van der Waals surface area (Å²) in [5.74, 6) is 1.47. The first-order valence-corrected chi connectivity index (χ1v) is 11.4. The highest BCUT2D eigenvalue weighted by Gasteiger charge is 2.44. The largest absolute Gasteiger partial charge is 0.356 e. The molecule has 3 aromatic rings. The van der Waals surface area contributed by atoms with E-state index < -0.39 is 10.0 Å². The van der Waals surface area contributed by atoms with E-state index in [1.165, 1.54) is 0 Å². The number of anilines is 1. The average molecular weight is 414 g/mol. The molecule has 5 rings (SSSR count). The molecule has 0 saturated carbocycles.